The van der Waals surface area contributed by atoms with Gasteiger partial charge in [0.05, 0.1) is 3.57 Å². The van der Waals surface area contributed by atoms with E-state index in [0.717, 1.165) is 7.14 Å². The van der Waals surface area contributed by atoms with Crippen LogP contribution in [-0.2, 0) is 0 Å². The van der Waals surface area contributed by atoms with Crippen molar-refractivity contribution in [2.75, 3.05) is 5.73 Å². The number of benzene rings is 1. The van der Waals surface area contributed by atoms with Crippen molar-refractivity contribution in [3.05, 3.63) is 19.3 Å². The van der Waals surface area contributed by atoms with E-state index >= 15 is 0 Å². The summed E-state index contributed by atoms with van der Waals surface area (Å²) in [5.41, 5.74) is 6.28. The molecule has 0 amide bonds. The molecule has 0 spiro atoms. The first-order chi connectivity index (χ1) is 4.61. The largest absolute Gasteiger partial charge is 0.507 e. The standard InChI is InChI=1S/C6H5I2NO/c7-3-2-6(10)4(8)1-5(3)9/h1-2,10H,9H2. The summed E-state index contributed by atoms with van der Waals surface area (Å²) in [6.07, 6.45) is 0. The zero-order chi connectivity index (χ0) is 7.72. The van der Waals surface area contributed by atoms with Crippen LogP contribution in [0.1, 0.15) is 0 Å². The molecule has 0 unspecified atom stereocenters. The van der Waals surface area contributed by atoms with Gasteiger partial charge < -0.3 is 10.8 Å². The number of phenolic OH excluding ortho intramolecular Hbond substituents is 1. The van der Waals surface area contributed by atoms with Gasteiger partial charge in [-0.2, -0.15) is 0 Å². The number of phenols is 1. The number of halogens is 2. The molecule has 10 heavy (non-hydrogen) atoms. The average molecular weight is 361 g/mol. The fourth-order valence-electron chi connectivity index (χ4n) is 0.552. The molecule has 0 heterocycles. The number of nitrogens with two attached hydrogens (primary N) is 1. The third-order valence-corrected chi connectivity index (χ3v) is 2.86. The zero-order valence-electron chi connectivity index (χ0n) is 4.94. The Morgan fingerprint density at radius 2 is 1.80 bits per heavy atom. The summed E-state index contributed by atoms with van der Waals surface area (Å²) in [4.78, 5) is 0. The predicted octanol–water partition coefficient (Wildman–Crippen LogP) is 2.18. The van der Waals surface area contributed by atoms with Crippen LogP contribution in [0.3, 0.4) is 0 Å². The predicted molar refractivity (Wildman–Crippen MR) is 58.0 cm³/mol. The van der Waals surface area contributed by atoms with Gasteiger partial charge in [-0.1, -0.05) is 0 Å². The minimum Gasteiger partial charge on any atom is -0.507 e. The van der Waals surface area contributed by atoms with Crippen LogP contribution in [0.4, 0.5) is 5.69 Å². The van der Waals surface area contributed by atoms with Crippen LogP contribution in [0.2, 0.25) is 0 Å². The molecule has 0 saturated heterocycles. The molecular weight excluding hydrogens is 356 g/mol. The van der Waals surface area contributed by atoms with E-state index in [0.29, 0.717) is 11.4 Å². The van der Waals surface area contributed by atoms with E-state index in [9.17, 15) is 0 Å². The third kappa shape index (κ3) is 1.66. The Bertz CT molecular complexity index is 212. The van der Waals surface area contributed by atoms with Gasteiger partial charge in [0.15, 0.2) is 0 Å². The maximum atomic E-state index is 9.16. The summed E-state index contributed by atoms with van der Waals surface area (Å²) in [6.45, 7) is 0. The smallest absolute Gasteiger partial charge is 0.130 e. The molecule has 0 aliphatic rings. The number of anilines is 1. The summed E-state index contributed by atoms with van der Waals surface area (Å²) >= 11 is 4.11. The van der Waals surface area contributed by atoms with E-state index in [4.69, 9.17) is 10.8 Å². The summed E-state index contributed by atoms with van der Waals surface area (Å²) < 4.78 is 1.67. The molecule has 0 saturated carbocycles. The van der Waals surface area contributed by atoms with Gasteiger partial charge in [0, 0.05) is 9.26 Å². The molecule has 3 N–H and O–H groups in total. The van der Waals surface area contributed by atoms with Gasteiger partial charge in [0.1, 0.15) is 5.75 Å². The fourth-order valence-corrected chi connectivity index (χ4v) is 1.49. The van der Waals surface area contributed by atoms with Crippen LogP contribution in [0.5, 0.6) is 5.75 Å². The maximum absolute atomic E-state index is 9.16. The minimum atomic E-state index is 0.291. The molecule has 0 atom stereocenters. The quantitative estimate of drug-likeness (QED) is 0.423. The molecule has 1 aromatic rings. The van der Waals surface area contributed by atoms with Crippen molar-refractivity contribution in [2.45, 2.75) is 0 Å². The molecule has 1 rings (SSSR count). The minimum absolute atomic E-state index is 0.291. The Morgan fingerprint density at radius 1 is 1.20 bits per heavy atom. The van der Waals surface area contributed by atoms with Crippen LogP contribution < -0.4 is 5.73 Å². The van der Waals surface area contributed by atoms with Crippen molar-refractivity contribution < 1.29 is 5.11 Å². The summed E-state index contributed by atoms with van der Waals surface area (Å²) in [5, 5.41) is 9.16. The Hall–Kier alpha value is 0.280. The number of nitrogen functional groups attached to an aromatic ring is 1. The second-order valence-corrected chi connectivity index (χ2v) is 4.15. The average Bonchev–Trinajstić information content (AvgIpc) is 1.84. The van der Waals surface area contributed by atoms with Gasteiger partial charge in [-0.3, -0.25) is 0 Å². The Labute approximate surface area is 86.1 Å². The molecule has 4 heteroatoms. The fraction of sp³-hybridized carbons (Fsp3) is 0. The van der Waals surface area contributed by atoms with E-state index in [2.05, 4.69) is 22.6 Å². The maximum Gasteiger partial charge on any atom is 0.130 e. The molecule has 0 aromatic heterocycles. The summed E-state index contributed by atoms with van der Waals surface area (Å²) in [7, 11) is 0. The Kier molecular flexibility index (Phi) is 2.61. The van der Waals surface area contributed by atoms with Crippen molar-refractivity contribution in [1.82, 2.24) is 0 Å². The van der Waals surface area contributed by atoms with Crippen molar-refractivity contribution in [2.24, 2.45) is 0 Å². The van der Waals surface area contributed by atoms with Crippen LogP contribution >= 0.6 is 45.2 Å². The third-order valence-electron chi connectivity index (χ3n) is 1.07. The van der Waals surface area contributed by atoms with Crippen molar-refractivity contribution >= 4 is 50.9 Å². The SMILES string of the molecule is Nc1cc(I)c(O)cc1I. The highest BCUT2D eigenvalue weighted by atomic mass is 127. The first kappa shape index (κ1) is 8.38. The zero-order valence-corrected chi connectivity index (χ0v) is 9.25. The van der Waals surface area contributed by atoms with Gasteiger partial charge >= 0.3 is 0 Å². The van der Waals surface area contributed by atoms with E-state index in [1.54, 1.807) is 12.1 Å². The number of hydrogen-bond acceptors (Lipinski definition) is 2. The number of rotatable bonds is 0. The molecule has 0 bridgehead atoms. The molecule has 0 fully saturated rings. The highest BCUT2D eigenvalue weighted by molar-refractivity contribution is 14.1. The van der Waals surface area contributed by atoms with Crippen LogP contribution in [0.15, 0.2) is 12.1 Å². The molecule has 0 aliphatic carbocycles. The van der Waals surface area contributed by atoms with Gasteiger partial charge in [-0.25, -0.2) is 0 Å². The molecule has 2 nitrogen and oxygen atoms in total. The number of hydrogen-bond donors (Lipinski definition) is 2. The normalized spacial score (nSPS) is 9.80. The Balaban J connectivity index is 3.28. The van der Waals surface area contributed by atoms with E-state index in [-0.39, 0.29) is 0 Å². The van der Waals surface area contributed by atoms with Crippen LogP contribution in [0, 0.1) is 7.14 Å². The topological polar surface area (TPSA) is 46.2 Å². The number of aromatic hydroxyl groups is 1. The van der Waals surface area contributed by atoms with Crippen LogP contribution in [0.25, 0.3) is 0 Å². The van der Waals surface area contributed by atoms with Gasteiger partial charge in [0.25, 0.3) is 0 Å². The summed E-state index contributed by atoms with van der Waals surface area (Å²) in [5.74, 6) is 0.291. The molecular formula is C6H5I2NO. The molecule has 54 valence electrons. The second-order valence-electron chi connectivity index (χ2n) is 1.83. The molecule has 1 aromatic carbocycles. The Morgan fingerprint density at radius 3 is 2.30 bits per heavy atom. The lowest BCUT2D eigenvalue weighted by Crippen LogP contribution is -1.89. The summed E-state index contributed by atoms with van der Waals surface area (Å²) in [6, 6.07) is 3.40. The first-order valence-corrected chi connectivity index (χ1v) is 4.70. The van der Waals surface area contributed by atoms with Gasteiger partial charge in [0.2, 0.25) is 0 Å². The van der Waals surface area contributed by atoms with Crippen molar-refractivity contribution in [1.29, 1.82) is 0 Å². The van der Waals surface area contributed by atoms with Crippen LogP contribution in [-0.4, -0.2) is 5.11 Å². The lowest BCUT2D eigenvalue weighted by atomic mass is 10.3. The monoisotopic (exact) mass is 361 g/mol. The highest BCUT2D eigenvalue weighted by Crippen LogP contribution is 2.26. The molecule has 0 radical (unpaired) electrons. The van der Waals surface area contributed by atoms with Crippen molar-refractivity contribution in [3.8, 4) is 5.75 Å². The molecule has 0 aliphatic heterocycles. The highest BCUT2D eigenvalue weighted by Gasteiger charge is 2.00. The van der Waals surface area contributed by atoms with E-state index in [1.165, 1.54) is 0 Å². The first-order valence-electron chi connectivity index (χ1n) is 2.54. The second kappa shape index (κ2) is 3.12. The lowest BCUT2D eigenvalue weighted by molar-refractivity contribution is 0.471. The van der Waals surface area contributed by atoms with E-state index in [1.807, 2.05) is 22.6 Å². The lowest BCUT2D eigenvalue weighted by Gasteiger charge is -2.00. The van der Waals surface area contributed by atoms with E-state index < -0.39 is 0 Å². The van der Waals surface area contributed by atoms with Crippen molar-refractivity contribution in [3.63, 3.8) is 0 Å². The van der Waals surface area contributed by atoms with Gasteiger partial charge in [-0.05, 0) is 57.3 Å². The van der Waals surface area contributed by atoms with Gasteiger partial charge in [-0.15, -0.1) is 0 Å².